The van der Waals surface area contributed by atoms with Crippen LogP contribution in [-0.4, -0.2) is 26.2 Å². The van der Waals surface area contributed by atoms with Gasteiger partial charge in [-0.2, -0.15) is 0 Å². The first-order valence-corrected chi connectivity index (χ1v) is 8.15. The highest BCUT2D eigenvalue weighted by Crippen LogP contribution is 2.17. The molecule has 0 saturated heterocycles. The molecule has 1 aromatic rings. The summed E-state index contributed by atoms with van der Waals surface area (Å²) in [4.78, 5) is 0.245. The molecular weight excluding hydrogens is 274 g/mol. The Morgan fingerprint density at radius 3 is 2.50 bits per heavy atom. The summed E-state index contributed by atoms with van der Waals surface area (Å²) in [5.74, 6) is 5.24. The summed E-state index contributed by atoms with van der Waals surface area (Å²) in [6.07, 6.45) is 1.50. The summed E-state index contributed by atoms with van der Waals surface area (Å²) in [6.45, 7) is 5.41. The second-order valence-corrected chi connectivity index (χ2v) is 6.26. The van der Waals surface area contributed by atoms with E-state index in [1.54, 1.807) is 25.1 Å². The van der Waals surface area contributed by atoms with Crippen LogP contribution >= 0.6 is 0 Å². The minimum atomic E-state index is -3.54. The van der Waals surface area contributed by atoms with Gasteiger partial charge in [0.25, 0.3) is 0 Å². The smallest absolute Gasteiger partial charge is 0.241 e. The number of aliphatic hydroxyl groups excluding tert-OH is 1. The third-order valence-corrected chi connectivity index (χ3v) is 4.76. The molecule has 20 heavy (non-hydrogen) atoms. The van der Waals surface area contributed by atoms with Crippen molar-refractivity contribution in [3.63, 3.8) is 0 Å². The van der Waals surface area contributed by atoms with Crippen LogP contribution < -0.4 is 4.72 Å². The predicted octanol–water partition coefficient (Wildman–Crippen LogP) is 1.81. The zero-order valence-electron chi connectivity index (χ0n) is 12.1. The van der Waals surface area contributed by atoms with Gasteiger partial charge in [0.1, 0.15) is 6.61 Å². The summed E-state index contributed by atoms with van der Waals surface area (Å²) in [6, 6.07) is 4.95. The Kier molecular flexibility index (Phi) is 6.21. The zero-order chi connectivity index (χ0) is 15.2. The average molecular weight is 295 g/mol. The fourth-order valence-corrected chi connectivity index (χ4v) is 3.52. The molecule has 0 aliphatic carbocycles. The van der Waals surface area contributed by atoms with Crippen molar-refractivity contribution >= 4 is 10.0 Å². The van der Waals surface area contributed by atoms with E-state index in [4.69, 9.17) is 5.11 Å². The van der Waals surface area contributed by atoms with Crippen molar-refractivity contribution in [1.82, 2.24) is 4.72 Å². The van der Waals surface area contributed by atoms with Crippen LogP contribution in [0.4, 0.5) is 0 Å². The summed E-state index contributed by atoms with van der Waals surface area (Å²) < 4.78 is 27.5. The lowest BCUT2D eigenvalue weighted by atomic mass is 10.1. The van der Waals surface area contributed by atoms with E-state index in [9.17, 15) is 8.42 Å². The molecule has 0 aliphatic heterocycles. The molecule has 0 bridgehead atoms. The van der Waals surface area contributed by atoms with Crippen LogP contribution in [0.2, 0.25) is 0 Å². The van der Waals surface area contributed by atoms with Crippen LogP contribution in [0, 0.1) is 18.8 Å². The molecule has 0 spiro atoms. The molecule has 0 aromatic heterocycles. The molecule has 0 fully saturated rings. The lowest BCUT2D eigenvalue weighted by molar-refractivity contribution is 0.350. The fourth-order valence-electron chi connectivity index (χ4n) is 1.85. The van der Waals surface area contributed by atoms with E-state index in [1.165, 1.54) is 0 Å². The van der Waals surface area contributed by atoms with Gasteiger partial charge in [0.15, 0.2) is 0 Å². The maximum atomic E-state index is 12.4. The molecule has 5 heteroatoms. The van der Waals surface area contributed by atoms with E-state index in [1.807, 2.05) is 13.8 Å². The van der Waals surface area contributed by atoms with Gasteiger partial charge < -0.3 is 5.11 Å². The van der Waals surface area contributed by atoms with Crippen molar-refractivity contribution in [1.29, 1.82) is 0 Å². The minimum absolute atomic E-state index is 0.0633. The van der Waals surface area contributed by atoms with E-state index in [-0.39, 0.29) is 17.5 Å². The highest BCUT2D eigenvalue weighted by molar-refractivity contribution is 7.89. The number of hydrogen-bond donors (Lipinski definition) is 2. The molecule has 0 atom stereocenters. The van der Waals surface area contributed by atoms with Crippen molar-refractivity contribution in [3.05, 3.63) is 29.3 Å². The predicted molar refractivity (Wildman–Crippen MR) is 79.8 cm³/mol. The topological polar surface area (TPSA) is 66.4 Å². The molecule has 4 nitrogen and oxygen atoms in total. The fraction of sp³-hybridized carbons (Fsp3) is 0.467. The minimum Gasteiger partial charge on any atom is -0.384 e. The number of rotatable bonds is 5. The highest BCUT2D eigenvalue weighted by atomic mass is 32.2. The first kappa shape index (κ1) is 16.7. The lowest BCUT2D eigenvalue weighted by Gasteiger charge is -2.16. The summed E-state index contributed by atoms with van der Waals surface area (Å²) in [5, 5.41) is 8.69. The number of sulfonamides is 1. The molecule has 0 aliphatic rings. The van der Waals surface area contributed by atoms with E-state index in [2.05, 4.69) is 16.6 Å². The second kappa shape index (κ2) is 7.44. The third kappa shape index (κ3) is 4.34. The monoisotopic (exact) mass is 295 g/mol. The molecule has 0 radical (unpaired) electrons. The van der Waals surface area contributed by atoms with Gasteiger partial charge in [-0.3, -0.25) is 0 Å². The van der Waals surface area contributed by atoms with Crippen LogP contribution in [0.25, 0.3) is 0 Å². The van der Waals surface area contributed by atoms with Crippen LogP contribution in [0.1, 0.15) is 37.8 Å². The number of nitrogens with one attached hydrogen (secondary N) is 1. The van der Waals surface area contributed by atoms with Gasteiger partial charge in [-0.05, 0) is 37.5 Å². The van der Waals surface area contributed by atoms with Gasteiger partial charge in [-0.1, -0.05) is 31.8 Å². The first-order chi connectivity index (χ1) is 9.44. The molecular formula is C15H21NO3S. The molecule has 2 N–H and O–H groups in total. The number of aryl methyl sites for hydroxylation is 1. The van der Waals surface area contributed by atoms with E-state index in [0.29, 0.717) is 11.1 Å². The highest BCUT2D eigenvalue weighted by Gasteiger charge is 2.20. The maximum Gasteiger partial charge on any atom is 0.241 e. The van der Waals surface area contributed by atoms with E-state index in [0.717, 1.165) is 12.8 Å². The maximum absolute atomic E-state index is 12.4. The van der Waals surface area contributed by atoms with Crippen molar-refractivity contribution in [2.24, 2.45) is 0 Å². The van der Waals surface area contributed by atoms with Crippen molar-refractivity contribution < 1.29 is 13.5 Å². The zero-order valence-corrected chi connectivity index (χ0v) is 12.9. The lowest BCUT2D eigenvalue weighted by Crippen LogP contribution is -2.34. The van der Waals surface area contributed by atoms with Gasteiger partial charge in [0, 0.05) is 11.6 Å². The van der Waals surface area contributed by atoms with Gasteiger partial charge in [-0.25, -0.2) is 13.1 Å². The quantitative estimate of drug-likeness (QED) is 0.814. The SMILES string of the molecule is CCC(CC)NS(=O)(=O)c1cc(C#CCO)ccc1C. The molecule has 0 saturated carbocycles. The molecule has 110 valence electrons. The van der Waals surface area contributed by atoms with Crippen LogP contribution in [0.5, 0.6) is 0 Å². The largest absolute Gasteiger partial charge is 0.384 e. The molecule has 0 heterocycles. The number of aliphatic hydroxyl groups is 1. The summed E-state index contributed by atoms with van der Waals surface area (Å²) in [7, 11) is -3.54. The van der Waals surface area contributed by atoms with Crippen molar-refractivity contribution in [3.8, 4) is 11.8 Å². The van der Waals surface area contributed by atoms with Crippen LogP contribution in [-0.2, 0) is 10.0 Å². The Morgan fingerprint density at radius 2 is 1.95 bits per heavy atom. The summed E-state index contributed by atoms with van der Waals surface area (Å²) >= 11 is 0. The summed E-state index contributed by atoms with van der Waals surface area (Å²) in [5.41, 5.74) is 1.26. The Labute approximate surface area is 121 Å². The molecule has 0 amide bonds. The Morgan fingerprint density at radius 1 is 1.30 bits per heavy atom. The Hall–Kier alpha value is -1.35. The first-order valence-electron chi connectivity index (χ1n) is 6.67. The second-order valence-electron chi connectivity index (χ2n) is 4.57. The van der Waals surface area contributed by atoms with Crippen LogP contribution in [0.3, 0.4) is 0 Å². The molecule has 1 aromatic carbocycles. The van der Waals surface area contributed by atoms with E-state index < -0.39 is 10.0 Å². The standard InChI is InChI=1S/C15H21NO3S/c1-4-14(5-2)16-20(18,19)15-11-13(7-6-10-17)9-8-12(15)3/h8-9,11,14,16-17H,4-5,10H2,1-3H3. The number of hydrogen-bond acceptors (Lipinski definition) is 3. The van der Waals surface area contributed by atoms with Crippen molar-refractivity contribution in [2.75, 3.05) is 6.61 Å². The Balaban J connectivity index is 3.16. The van der Waals surface area contributed by atoms with Crippen LogP contribution in [0.15, 0.2) is 23.1 Å². The van der Waals surface area contributed by atoms with E-state index >= 15 is 0 Å². The normalized spacial score (nSPS) is 11.2. The van der Waals surface area contributed by atoms with Gasteiger partial charge >= 0.3 is 0 Å². The third-order valence-electron chi connectivity index (χ3n) is 3.10. The molecule has 0 unspecified atom stereocenters. The Bertz CT molecular complexity index is 608. The van der Waals surface area contributed by atoms with Gasteiger partial charge in [0.2, 0.25) is 10.0 Å². The van der Waals surface area contributed by atoms with Gasteiger partial charge in [-0.15, -0.1) is 0 Å². The number of benzene rings is 1. The van der Waals surface area contributed by atoms with Crippen molar-refractivity contribution in [2.45, 2.75) is 44.6 Å². The molecule has 1 rings (SSSR count). The average Bonchev–Trinajstić information content (AvgIpc) is 2.43. The van der Waals surface area contributed by atoms with Gasteiger partial charge in [0.05, 0.1) is 4.90 Å².